The normalized spacial score (nSPS) is 20.1. The highest BCUT2D eigenvalue weighted by molar-refractivity contribution is 6.61. The highest BCUT2D eigenvalue weighted by atomic mass is 19.4. The Morgan fingerprint density at radius 3 is 2.32 bits per heavy atom. The van der Waals surface area contributed by atoms with Gasteiger partial charge in [-0.25, -0.2) is 0 Å². The zero-order valence-electron chi connectivity index (χ0n) is 24.5. The summed E-state index contributed by atoms with van der Waals surface area (Å²) < 4.78 is 41.2. The van der Waals surface area contributed by atoms with Crippen LogP contribution in [0.2, 0.25) is 0 Å². The molecule has 1 aliphatic carbocycles. The fraction of sp³-hybridized carbons (Fsp3) is 0.483. The summed E-state index contributed by atoms with van der Waals surface area (Å²) in [6, 6.07) is 9.26. The first-order chi connectivity index (χ1) is 20.7. The molecule has 1 saturated carbocycles. The van der Waals surface area contributed by atoms with Crippen molar-refractivity contribution in [1.29, 1.82) is 0 Å². The van der Waals surface area contributed by atoms with Crippen LogP contribution < -0.4 is 38.6 Å². The lowest BCUT2D eigenvalue weighted by atomic mass is 9.79. The maximum Gasteiger partial charge on any atom is 0.491 e. The highest BCUT2D eigenvalue weighted by Gasteiger charge is 2.30. The van der Waals surface area contributed by atoms with E-state index in [0.717, 1.165) is 36.1 Å². The lowest BCUT2D eigenvalue weighted by molar-refractivity contribution is -0.137. The lowest BCUT2D eigenvalue weighted by Crippen LogP contribution is -2.49. The molecule has 2 aromatic carbocycles. The first-order valence-corrected chi connectivity index (χ1v) is 14.5. The van der Waals surface area contributed by atoms with Crippen molar-refractivity contribution in [3.8, 4) is 0 Å². The molecule has 240 valence electrons. The number of rotatable bonds is 9. The van der Waals surface area contributed by atoms with Gasteiger partial charge in [-0.2, -0.15) is 13.2 Å². The molecule has 0 bridgehead atoms. The Bertz CT molecular complexity index is 1270. The molecule has 11 nitrogen and oxygen atoms in total. The number of halogens is 3. The number of amides is 3. The fourth-order valence-electron chi connectivity index (χ4n) is 4.97. The number of hydrogen-bond donors (Lipinski definition) is 7. The van der Waals surface area contributed by atoms with Crippen LogP contribution in [0.1, 0.15) is 55.7 Å². The van der Waals surface area contributed by atoms with Gasteiger partial charge in [0.1, 0.15) is 0 Å². The number of hydrogen-bond acceptors (Lipinski definition) is 8. The Balaban J connectivity index is 0.000000369. The Kier molecular flexibility index (Phi) is 12.7. The van der Waals surface area contributed by atoms with Gasteiger partial charge < -0.3 is 42.8 Å². The summed E-state index contributed by atoms with van der Waals surface area (Å²) in [5.41, 5.74) is 20.0. The number of anilines is 1. The van der Waals surface area contributed by atoms with Crippen LogP contribution in [0.15, 0.2) is 42.5 Å². The van der Waals surface area contributed by atoms with Crippen molar-refractivity contribution in [3.05, 3.63) is 59.2 Å². The molecule has 1 aliphatic heterocycles. The summed E-state index contributed by atoms with van der Waals surface area (Å²) in [5, 5.41) is 17.7. The standard InChI is InChI=1S/C20H31BN6O5.C9H9F3/c22-12-5-13(23)7-15(6-12)27-18(28)4-3-17(24)20(30)25-9-19(29)26-14-2-1-11-10-32-21(31)16(11)8-14;1-2-7-3-5-8(6-4-7)9(10,11)12/h1-2,8,12-13,15,17,31H,3-7,9-10,22-24H2,(H,25,30)(H,26,29)(H,27,28);3-6H,2H2,1H3. The van der Waals surface area contributed by atoms with Crippen molar-refractivity contribution in [2.45, 2.75) is 82.4 Å². The van der Waals surface area contributed by atoms with E-state index in [1.807, 2.05) is 6.92 Å². The maximum absolute atomic E-state index is 12.2. The smallest absolute Gasteiger partial charge is 0.423 e. The van der Waals surface area contributed by atoms with Gasteiger partial charge in [0.15, 0.2) is 0 Å². The van der Waals surface area contributed by atoms with E-state index >= 15 is 0 Å². The van der Waals surface area contributed by atoms with Crippen LogP contribution in [0.25, 0.3) is 0 Å². The van der Waals surface area contributed by atoms with Crippen LogP contribution in [0.3, 0.4) is 0 Å². The average Bonchev–Trinajstić information content (AvgIpc) is 3.33. The largest absolute Gasteiger partial charge is 0.491 e. The summed E-state index contributed by atoms with van der Waals surface area (Å²) >= 11 is 0. The quantitative estimate of drug-likeness (QED) is 0.199. The van der Waals surface area contributed by atoms with E-state index in [-0.39, 0.29) is 43.4 Å². The number of nitrogens with one attached hydrogen (secondary N) is 3. The van der Waals surface area contributed by atoms with Crippen molar-refractivity contribution in [2.24, 2.45) is 17.2 Å². The van der Waals surface area contributed by atoms with Crippen LogP contribution in [-0.2, 0) is 38.2 Å². The molecule has 0 saturated heterocycles. The van der Waals surface area contributed by atoms with Gasteiger partial charge in [0.05, 0.1) is 24.8 Å². The first-order valence-electron chi connectivity index (χ1n) is 14.5. The number of alkyl halides is 3. The molecular formula is C29H40BF3N6O5. The number of fused-ring (bicyclic) bond motifs is 1. The molecule has 0 aromatic heterocycles. The van der Waals surface area contributed by atoms with E-state index in [9.17, 15) is 32.6 Å². The molecule has 3 atom stereocenters. The minimum absolute atomic E-state index is 0.0292. The van der Waals surface area contributed by atoms with Gasteiger partial charge in [0.25, 0.3) is 0 Å². The van der Waals surface area contributed by atoms with Gasteiger partial charge in [-0.1, -0.05) is 25.1 Å². The zero-order chi connectivity index (χ0) is 32.4. The van der Waals surface area contributed by atoms with Crippen LogP contribution >= 0.6 is 0 Å². The third kappa shape index (κ3) is 10.9. The van der Waals surface area contributed by atoms with E-state index in [0.29, 0.717) is 30.6 Å². The third-order valence-corrected chi connectivity index (χ3v) is 7.37. The molecule has 2 aliphatic rings. The molecule has 15 heteroatoms. The monoisotopic (exact) mass is 620 g/mol. The van der Waals surface area contributed by atoms with E-state index in [4.69, 9.17) is 21.9 Å². The molecule has 3 amide bonds. The van der Waals surface area contributed by atoms with E-state index in [2.05, 4.69) is 16.0 Å². The van der Waals surface area contributed by atoms with Crippen molar-refractivity contribution in [1.82, 2.24) is 10.6 Å². The number of aryl methyl sites for hydroxylation is 1. The summed E-state index contributed by atoms with van der Waals surface area (Å²) in [6.07, 6.45) is -1.12. The third-order valence-electron chi connectivity index (χ3n) is 7.37. The minimum atomic E-state index is -4.22. The molecule has 3 unspecified atom stereocenters. The van der Waals surface area contributed by atoms with Gasteiger partial charge in [0.2, 0.25) is 17.7 Å². The molecule has 44 heavy (non-hydrogen) atoms. The summed E-state index contributed by atoms with van der Waals surface area (Å²) in [7, 11) is -1.01. The summed E-state index contributed by atoms with van der Waals surface area (Å²) in [4.78, 5) is 36.4. The van der Waals surface area contributed by atoms with Crippen LogP contribution in [0.5, 0.6) is 0 Å². The van der Waals surface area contributed by atoms with Gasteiger partial charge in [0, 0.05) is 30.2 Å². The fourth-order valence-corrected chi connectivity index (χ4v) is 4.97. The van der Waals surface area contributed by atoms with Gasteiger partial charge in [-0.05, 0) is 73.0 Å². The average molecular weight is 620 g/mol. The molecule has 0 spiro atoms. The predicted molar refractivity (Wildman–Crippen MR) is 160 cm³/mol. The lowest BCUT2D eigenvalue weighted by Gasteiger charge is -2.31. The maximum atomic E-state index is 12.2. The second kappa shape index (κ2) is 16.0. The SMILES string of the molecule is CCc1ccc(C(F)(F)F)cc1.NC1CC(N)CC(NC(=O)CCC(N)C(=O)NCC(=O)Nc2ccc3c(c2)B(O)OC3)C1. The molecule has 4 rings (SSSR count). The van der Waals surface area contributed by atoms with Crippen LogP contribution in [0.4, 0.5) is 18.9 Å². The summed E-state index contributed by atoms with van der Waals surface area (Å²) in [6.45, 7) is 1.95. The van der Waals surface area contributed by atoms with E-state index in [1.54, 1.807) is 18.2 Å². The molecule has 1 fully saturated rings. The minimum Gasteiger partial charge on any atom is -0.423 e. The number of carbonyl (C=O) groups is 3. The van der Waals surface area contributed by atoms with Crippen molar-refractivity contribution in [3.63, 3.8) is 0 Å². The second-order valence-electron chi connectivity index (χ2n) is 11.0. The highest BCUT2D eigenvalue weighted by Crippen LogP contribution is 2.29. The van der Waals surface area contributed by atoms with Crippen molar-refractivity contribution < 1.29 is 37.2 Å². The van der Waals surface area contributed by atoms with Gasteiger partial charge in [-0.3, -0.25) is 14.4 Å². The molecule has 10 N–H and O–H groups in total. The number of nitrogens with two attached hydrogens (primary N) is 3. The summed E-state index contributed by atoms with van der Waals surface area (Å²) in [5.74, 6) is -1.17. The molecule has 1 heterocycles. The van der Waals surface area contributed by atoms with E-state index in [1.165, 1.54) is 12.1 Å². The zero-order valence-corrected chi connectivity index (χ0v) is 24.5. The Morgan fingerprint density at radius 2 is 1.70 bits per heavy atom. The van der Waals surface area contributed by atoms with Crippen LogP contribution in [-0.4, -0.2) is 60.6 Å². The number of benzene rings is 2. The Labute approximate surface area is 254 Å². The Morgan fingerprint density at radius 1 is 1.05 bits per heavy atom. The Hall–Kier alpha value is -3.50. The first kappa shape index (κ1) is 35.0. The van der Waals surface area contributed by atoms with E-state index < -0.39 is 36.7 Å². The van der Waals surface area contributed by atoms with Crippen LogP contribution in [0, 0.1) is 0 Å². The van der Waals surface area contributed by atoms with Crippen molar-refractivity contribution >= 4 is 36.0 Å². The number of carbonyl (C=O) groups excluding carboxylic acids is 3. The molecule has 0 radical (unpaired) electrons. The van der Waals surface area contributed by atoms with Gasteiger partial charge >= 0.3 is 13.3 Å². The second-order valence-corrected chi connectivity index (χ2v) is 11.0. The topological polar surface area (TPSA) is 195 Å². The predicted octanol–water partition coefficient (Wildman–Crippen LogP) is 0.658. The molecule has 2 aromatic rings. The molecular weight excluding hydrogens is 580 g/mol. The van der Waals surface area contributed by atoms with Crippen molar-refractivity contribution in [2.75, 3.05) is 11.9 Å². The van der Waals surface area contributed by atoms with Gasteiger partial charge in [-0.15, -0.1) is 0 Å².